The van der Waals surface area contributed by atoms with Crippen LogP contribution in [0.3, 0.4) is 0 Å². The Balaban J connectivity index is 1.76. The van der Waals surface area contributed by atoms with E-state index in [-0.39, 0.29) is 6.04 Å². The maximum Gasteiger partial charge on any atom is 0.248 e. The van der Waals surface area contributed by atoms with Crippen LogP contribution in [-0.4, -0.2) is 27.3 Å². The molecule has 1 N–H and O–H groups in total. The highest BCUT2D eigenvalue weighted by Crippen LogP contribution is 2.32. The lowest BCUT2D eigenvalue weighted by Gasteiger charge is -2.23. The molecule has 7 heteroatoms. The molecule has 6 nitrogen and oxygen atoms in total. The van der Waals surface area contributed by atoms with Crippen LogP contribution in [0.4, 0.5) is 5.95 Å². The van der Waals surface area contributed by atoms with Crippen LogP contribution >= 0.6 is 11.6 Å². The first-order valence-electron chi connectivity index (χ1n) is 7.41. The van der Waals surface area contributed by atoms with Crippen LogP contribution in [0.1, 0.15) is 17.2 Å². The van der Waals surface area contributed by atoms with Gasteiger partial charge in [0, 0.05) is 10.7 Å². The highest BCUT2D eigenvalue weighted by molar-refractivity contribution is 6.30. The van der Waals surface area contributed by atoms with E-state index in [1.165, 1.54) is 0 Å². The van der Waals surface area contributed by atoms with Gasteiger partial charge in [0.25, 0.3) is 0 Å². The molecule has 24 heavy (non-hydrogen) atoms. The number of hydrogen-bond acceptors (Lipinski definition) is 5. The van der Waals surface area contributed by atoms with E-state index in [0.717, 1.165) is 22.6 Å². The summed E-state index contributed by atoms with van der Waals surface area (Å²) in [6.07, 6.45) is 2.09. The van der Waals surface area contributed by atoms with Crippen LogP contribution in [0.5, 0.6) is 5.75 Å². The van der Waals surface area contributed by atoms with Crippen molar-refractivity contribution in [2.75, 3.05) is 12.4 Å². The Kier molecular flexibility index (Phi) is 3.66. The van der Waals surface area contributed by atoms with Crippen molar-refractivity contribution in [3.8, 4) is 5.75 Å². The van der Waals surface area contributed by atoms with E-state index in [1.807, 2.05) is 48.5 Å². The van der Waals surface area contributed by atoms with Crippen LogP contribution in [0, 0.1) is 0 Å². The number of anilines is 1. The number of nitrogens with zero attached hydrogens (tertiary/aromatic N) is 4. The summed E-state index contributed by atoms with van der Waals surface area (Å²) < 4.78 is 6.96. The van der Waals surface area contributed by atoms with Gasteiger partial charge in [-0.15, -0.1) is 0 Å². The molecule has 0 saturated carbocycles. The lowest BCUT2D eigenvalue weighted by atomic mass is 10.0. The van der Waals surface area contributed by atoms with Gasteiger partial charge in [-0.3, -0.25) is 0 Å². The maximum atomic E-state index is 6.00. The molecule has 3 aromatic rings. The Morgan fingerprint density at radius 1 is 1.08 bits per heavy atom. The van der Waals surface area contributed by atoms with Crippen molar-refractivity contribution in [3.63, 3.8) is 0 Å². The summed E-state index contributed by atoms with van der Waals surface area (Å²) >= 11 is 6.00. The molecule has 1 aliphatic heterocycles. The largest absolute Gasteiger partial charge is 0.497 e. The monoisotopic (exact) mass is 339 g/mol. The molecular formula is C17H14ClN5O. The third-order valence-electron chi connectivity index (χ3n) is 3.94. The Bertz CT molecular complexity index is 886. The summed E-state index contributed by atoms with van der Waals surface area (Å²) in [7, 11) is 1.65. The SMILES string of the molecule is COc1ccc(C2=CC(c3ccc(Cl)cc3)n3nnnc3N2)cc1. The van der Waals surface area contributed by atoms with E-state index in [9.17, 15) is 0 Å². The average Bonchev–Trinajstić information content (AvgIpc) is 3.10. The van der Waals surface area contributed by atoms with Gasteiger partial charge in [0.15, 0.2) is 0 Å². The highest BCUT2D eigenvalue weighted by atomic mass is 35.5. The molecule has 4 rings (SSSR count). The summed E-state index contributed by atoms with van der Waals surface area (Å²) in [5.74, 6) is 1.41. The van der Waals surface area contributed by atoms with Crippen molar-refractivity contribution < 1.29 is 4.74 Å². The molecule has 1 aliphatic rings. The smallest absolute Gasteiger partial charge is 0.248 e. The fraction of sp³-hybridized carbons (Fsp3) is 0.118. The van der Waals surface area contributed by atoms with Gasteiger partial charge in [-0.1, -0.05) is 28.8 Å². The molecule has 1 unspecified atom stereocenters. The van der Waals surface area contributed by atoms with Crippen LogP contribution in [0.15, 0.2) is 54.6 Å². The Morgan fingerprint density at radius 2 is 1.83 bits per heavy atom. The minimum Gasteiger partial charge on any atom is -0.497 e. The second-order valence-electron chi connectivity index (χ2n) is 5.38. The number of allylic oxidation sites excluding steroid dienone is 1. The van der Waals surface area contributed by atoms with E-state index < -0.39 is 0 Å². The molecule has 120 valence electrons. The molecule has 0 bridgehead atoms. The van der Waals surface area contributed by atoms with Crippen LogP contribution in [-0.2, 0) is 0 Å². The quantitative estimate of drug-likeness (QED) is 0.792. The van der Waals surface area contributed by atoms with Gasteiger partial charge >= 0.3 is 0 Å². The zero-order valence-corrected chi connectivity index (χ0v) is 13.6. The number of aromatic nitrogens is 4. The van der Waals surface area contributed by atoms with Crippen molar-refractivity contribution in [1.82, 2.24) is 20.2 Å². The summed E-state index contributed by atoms with van der Waals surface area (Å²) in [6, 6.07) is 15.4. The number of halogens is 1. The van der Waals surface area contributed by atoms with Gasteiger partial charge < -0.3 is 10.1 Å². The van der Waals surface area contributed by atoms with Gasteiger partial charge in [0.05, 0.1) is 7.11 Å². The van der Waals surface area contributed by atoms with Crippen LogP contribution in [0.25, 0.3) is 5.70 Å². The number of benzene rings is 2. The predicted octanol–water partition coefficient (Wildman–Crippen LogP) is 3.39. The molecule has 0 fully saturated rings. The van der Waals surface area contributed by atoms with Crippen molar-refractivity contribution >= 4 is 23.2 Å². The van der Waals surface area contributed by atoms with E-state index in [4.69, 9.17) is 16.3 Å². The second kappa shape index (κ2) is 5.98. The number of fused-ring (bicyclic) bond motifs is 1. The number of tetrazole rings is 1. The first-order valence-corrected chi connectivity index (χ1v) is 7.79. The van der Waals surface area contributed by atoms with Gasteiger partial charge in [-0.2, -0.15) is 4.68 Å². The van der Waals surface area contributed by atoms with Gasteiger partial charge in [0.1, 0.15) is 11.8 Å². The summed E-state index contributed by atoms with van der Waals surface area (Å²) in [5.41, 5.74) is 3.03. The molecular weight excluding hydrogens is 326 g/mol. The van der Waals surface area contributed by atoms with Gasteiger partial charge in [0.2, 0.25) is 5.95 Å². The van der Waals surface area contributed by atoms with Crippen molar-refractivity contribution in [3.05, 3.63) is 70.8 Å². The van der Waals surface area contributed by atoms with Gasteiger partial charge in [-0.25, -0.2) is 0 Å². The molecule has 2 heterocycles. The van der Waals surface area contributed by atoms with Crippen LogP contribution < -0.4 is 10.1 Å². The van der Waals surface area contributed by atoms with E-state index in [0.29, 0.717) is 11.0 Å². The third-order valence-corrected chi connectivity index (χ3v) is 4.19. The highest BCUT2D eigenvalue weighted by Gasteiger charge is 2.24. The zero-order chi connectivity index (χ0) is 16.5. The number of methoxy groups -OCH3 is 1. The predicted molar refractivity (Wildman–Crippen MR) is 92.0 cm³/mol. The lowest BCUT2D eigenvalue weighted by molar-refractivity contribution is 0.415. The minimum absolute atomic E-state index is 0.106. The van der Waals surface area contributed by atoms with E-state index in [1.54, 1.807) is 11.8 Å². The van der Waals surface area contributed by atoms with Crippen molar-refractivity contribution in [2.24, 2.45) is 0 Å². The molecule has 1 atom stereocenters. The first-order chi connectivity index (χ1) is 11.7. The Morgan fingerprint density at radius 3 is 2.54 bits per heavy atom. The molecule has 0 aliphatic carbocycles. The van der Waals surface area contributed by atoms with Gasteiger partial charge in [-0.05, 0) is 64.0 Å². The third kappa shape index (κ3) is 2.61. The standard InChI is InChI=1S/C17H14ClN5O/c1-24-14-8-4-11(5-9-14)15-10-16(12-2-6-13(18)7-3-12)23-17(19-15)20-21-22-23/h2-10,16H,1H3,(H,19,20,22). The van der Waals surface area contributed by atoms with Crippen molar-refractivity contribution in [1.29, 1.82) is 0 Å². The maximum absolute atomic E-state index is 6.00. The Hall–Kier alpha value is -2.86. The molecule has 0 radical (unpaired) electrons. The van der Waals surface area contributed by atoms with Crippen molar-refractivity contribution in [2.45, 2.75) is 6.04 Å². The summed E-state index contributed by atoms with van der Waals surface area (Å²) in [5, 5.41) is 15.9. The number of hydrogen-bond donors (Lipinski definition) is 1. The summed E-state index contributed by atoms with van der Waals surface area (Å²) in [4.78, 5) is 0. The molecule has 0 spiro atoms. The number of rotatable bonds is 3. The molecule has 0 saturated heterocycles. The average molecular weight is 340 g/mol. The normalized spacial score (nSPS) is 16.1. The zero-order valence-electron chi connectivity index (χ0n) is 12.8. The molecule has 0 amide bonds. The first kappa shape index (κ1) is 14.7. The molecule has 1 aromatic heterocycles. The number of ether oxygens (including phenoxy) is 1. The summed E-state index contributed by atoms with van der Waals surface area (Å²) in [6.45, 7) is 0. The fourth-order valence-electron chi connectivity index (χ4n) is 2.69. The van der Waals surface area contributed by atoms with E-state index >= 15 is 0 Å². The lowest BCUT2D eigenvalue weighted by Crippen LogP contribution is -2.20. The molecule has 2 aromatic carbocycles. The fourth-order valence-corrected chi connectivity index (χ4v) is 2.82. The van der Waals surface area contributed by atoms with Crippen LogP contribution in [0.2, 0.25) is 5.02 Å². The van der Waals surface area contributed by atoms with E-state index in [2.05, 4.69) is 26.9 Å². The minimum atomic E-state index is -0.106. The number of nitrogens with one attached hydrogen (secondary N) is 1. The Labute approximate surface area is 143 Å². The topological polar surface area (TPSA) is 64.9 Å². The second-order valence-corrected chi connectivity index (χ2v) is 5.81.